The second-order valence-corrected chi connectivity index (χ2v) is 4.62. The highest BCUT2D eigenvalue weighted by Crippen LogP contribution is 2.23. The van der Waals surface area contributed by atoms with E-state index in [0.717, 1.165) is 16.0 Å². The van der Waals surface area contributed by atoms with Crippen LogP contribution in [0.1, 0.15) is 17.2 Å². The predicted molar refractivity (Wildman–Crippen MR) is 71.0 cm³/mol. The highest BCUT2D eigenvalue weighted by molar-refractivity contribution is 9.10. The number of nitrogens with two attached hydrogens (primary N) is 1. The summed E-state index contributed by atoms with van der Waals surface area (Å²) in [7, 11) is 0. The normalized spacial score (nSPS) is 11.8. The van der Waals surface area contributed by atoms with Crippen LogP contribution >= 0.6 is 15.9 Å². The molecule has 0 saturated carbocycles. The van der Waals surface area contributed by atoms with Crippen LogP contribution in [0.5, 0.6) is 0 Å². The number of amidine groups is 1. The lowest BCUT2D eigenvalue weighted by Gasteiger charge is -2.07. The van der Waals surface area contributed by atoms with Gasteiger partial charge < -0.3 is 10.9 Å². The van der Waals surface area contributed by atoms with Crippen molar-refractivity contribution in [2.24, 2.45) is 10.9 Å². The summed E-state index contributed by atoms with van der Waals surface area (Å²) >= 11 is 3.44. The molecule has 3 N–H and O–H groups in total. The molecule has 0 fully saturated rings. The number of hydrogen-bond donors (Lipinski definition) is 2. The van der Waals surface area contributed by atoms with Crippen LogP contribution in [0.3, 0.4) is 0 Å². The van der Waals surface area contributed by atoms with E-state index >= 15 is 0 Å². The predicted octanol–water partition coefficient (Wildman–Crippen LogP) is 1.74. The van der Waals surface area contributed by atoms with E-state index in [1.807, 2.05) is 19.9 Å². The van der Waals surface area contributed by atoms with Crippen molar-refractivity contribution >= 4 is 21.8 Å². The second kappa shape index (κ2) is 4.77. The molecule has 7 heteroatoms. The third kappa shape index (κ3) is 2.21. The number of aryl methyl sites for hydroxylation is 2. The fraction of sp³-hybridized carbons (Fsp3) is 0.182. The van der Waals surface area contributed by atoms with E-state index in [9.17, 15) is 0 Å². The van der Waals surface area contributed by atoms with Crippen molar-refractivity contribution < 1.29 is 5.21 Å². The van der Waals surface area contributed by atoms with Crippen LogP contribution in [-0.2, 0) is 0 Å². The van der Waals surface area contributed by atoms with Crippen molar-refractivity contribution in [3.8, 4) is 5.69 Å². The lowest BCUT2D eigenvalue weighted by atomic mass is 10.2. The summed E-state index contributed by atoms with van der Waals surface area (Å²) in [6, 6.07) is 5.35. The molecule has 0 spiro atoms. The van der Waals surface area contributed by atoms with Crippen LogP contribution in [0.15, 0.2) is 27.8 Å². The standard InChI is InChI=1S/C11H12BrN5O/c1-6-14-7(2)17(15-6)10-4-3-8(5-9(10)12)11(13)16-18/h3-5,18H,1-2H3,(H2,13,16). The average Bonchev–Trinajstić information content (AvgIpc) is 2.67. The molecule has 0 aliphatic rings. The maximum Gasteiger partial charge on any atom is 0.170 e. The molecule has 0 atom stereocenters. The summed E-state index contributed by atoms with van der Waals surface area (Å²) in [6.07, 6.45) is 0. The van der Waals surface area contributed by atoms with Gasteiger partial charge in [-0.2, -0.15) is 5.10 Å². The Labute approximate surface area is 112 Å². The van der Waals surface area contributed by atoms with E-state index < -0.39 is 0 Å². The minimum Gasteiger partial charge on any atom is -0.409 e. The van der Waals surface area contributed by atoms with Crippen molar-refractivity contribution in [3.63, 3.8) is 0 Å². The molecule has 0 saturated heterocycles. The molecule has 0 radical (unpaired) electrons. The van der Waals surface area contributed by atoms with Gasteiger partial charge in [-0.05, 0) is 48.0 Å². The van der Waals surface area contributed by atoms with Gasteiger partial charge in [0.25, 0.3) is 0 Å². The van der Waals surface area contributed by atoms with E-state index in [-0.39, 0.29) is 5.84 Å². The van der Waals surface area contributed by atoms with Crippen LogP contribution in [0.4, 0.5) is 0 Å². The van der Waals surface area contributed by atoms with E-state index in [4.69, 9.17) is 10.9 Å². The van der Waals surface area contributed by atoms with E-state index in [1.54, 1.807) is 16.8 Å². The number of nitrogens with zero attached hydrogens (tertiary/aromatic N) is 4. The molecule has 1 aromatic carbocycles. The van der Waals surface area contributed by atoms with Crippen LogP contribution in [0, 0.1) is 13.8 Å². The van der Waals surface area contributed by atoms with E-state index in [1.165, 1.54) is 0 Å². The van der Waals surface area contributed by atoms with Crippen molar-refractivity contribution in [3.05, 3.63) is 39.9 Å². The first-order valence-electron chi connectivity index (χ1n) is 5.21. The van der Waals surface area contributed by atoms with Gasteiger partial charge in [0.1, 0.15) is 11.6 Å². The molecule has 0 aliphatic carbocycles. The Bertz CT molecular complexity index is 620. The molecule has 2 rings (SSSR count). The zero-order chi connectivity index (χ0) is 13.3. The Morgan fingerprint density at radius 1 is 1.44 bits per heavy atom. The maximum absolute atomic E-state index is 8.63. The van der Waals surface area contributed by atoms with Gasteiger partial charge in [-0.1, -0.05) is 5.16 Å². The third-order valence-electron chi connectivity index (χ3n) is 2.45. The number of oxime groups is 1. The summed E-state index contributed by atoms with van der Waals surface area (Å²) in [5, 5.41) is 15.9. The molecule has 1 aromatic heterocycles. The van der Waals surface area contributed by atoms with Crippen LogP contribution in [-0.4, -0.2) is 25.8 Å². The van der Waals surface area contributed by atoms with Crippen LogP contribution in [0.25, 0.3) is 5.69 Å². The fourth-order valence-electron chi connectivity index (χ4n) is 1.64. The molecule has 2 aromatic rings. The first-order chi connectivity index (χ1) is 8.52. The summed E-state index contributed by atoms with van der Waals surface area (Å²) in [4.78, 5) is 4.24. The molecule has 6 nitrogen and oxygen atoms in total. The molecule has 0 bridgehead atoms. The van der Waals surface area contributed by atoms with E-state index in [2.05, 4.69) is 31.2 Å². The van der Waals surface area contributed by atoms with Gasteiger partial charge >= 0.3 is 0 Å². The lowest BCUT2D eigenvalue weighted by molar-refractivity contribution is 0.318. The Balaban J connectivity index is 2.51. The monoisotopic (exact) mass is 309 g/mol. The number of aromatic nitrogens is 3. The zero-order valence-electron chi connectivity index (χ0n) is 9.92. The first kappa shape index (κ1) is 12.6. The molecule has 94 valence electrons. The summed E-state index contributed by atoms with van der Waals surface area (Å²) in [5.74, 6) is 1.57. The van der Waals surface area contributed by atoms with Crippen LogP contribution < -0.4 is 5.73 Å². The number of halogens is 1. The van der Waals surface area contributed by atoms with Crippen LogP contribution in [0.2, 0.25) is 0 Å². The lowest BCUT2D eigenvalue weighted by Crippen LogP contribution is -2.13. The van der Waals surface area contributed by atoms with Crippen molar-refractivity contribution in [2.45, 2.75) is 13.8 Å². The van der Waals surface area contributed by atoms with Crippen molar-refractivity contribution in [1.29, 1.82) is 0 Å². The molecule has 1 heterocycles. The van der Waals surface area contributed by atoms with Gasteiger partial charge in [0.05, 0.1) is 5.69 Å². The molecular formula is C11H12BrN5O. The minimum atomic E-state index is 0.0637. The van der Waals surface area contributed by atoms with Gasteiger partial charge in [0.15, 0.2) is 5.84 Å². The Kier molecular flexibility index (Phi) is 3.33. The highest BCUT2D eigenvalue weighted by atomic mass is 79.9. The Morgan fingerprint density at radius 3 is 2.67 bits per heavy atom. The fourth-order valence-corrected chi connectivity index (χ4v) is 2.19. The maximum atomic E-state index is 8.63. The number of rotatable bonds is 2. The van der Waals surface area contributed by atoms with Gasteiger partial charge in [-0.3, -0.25) is 0 Å². The first-order valence-corrected chi connectivity index (χ1v) is 6.00. The third-order valence-corrected chi connectivity index (χ3v) is 3.09. The topological polar surface area (TPSA) is 89.3 Å². The summed E-state index contributed by atoms with van der Waals surface area (Å²) in [5.41, 5.74) is 7.01. The largest absolute Gasteiger partial charge is 0.409 e. The number of benzene rings is 1. The zero-order valence-corrected chi connectivity index (χ0v) is 11.5. The summed E-state index contributed by atoms with van der Waals surface area (Å²) in [6.45, 7) is 3.71. The number of hydrogen-bond acceptors (Lipinski definition) is 4. The summed E-state index contributed by atoms with van der Waals surface area (Å²) < 4.78 is 2.52. The van der Waals surface area contributed by atoms with Gasteiger partial charge in [-0.15, -0.1) is 0 Å². The van der Waals surface area contributed by atoms with Crippen molar-refractivity contribution in [1.82, 2.24) is 14.8 Å². The Morgan fingerprint density at radius 2 is 2.17 bits per heavy atom. The quantitative estimate of drug-likeness (QED) is 0.383. The Hall–Kier alpha value is -1.89. The molecule has 0 amide bonds. The second-order valence-electron chi connectivity index (χ2n) is 3.77. The van der Waals surface area contributed by atoms with Gasteiger partial charge in [-0.25, -0.2) is 9.67 Å². The minimum absolute atomic E-state index is 0.0637. The molecule has 18 heavy (non-hydrogen) atoms. The van der Waals surface area contributed by atoms with Crippen molar-refractivity contribution in [2.75, 3.05) is 0 Å². The average molecular weight is 310 g/mol. The molecule has 0 unspecified atom stereocenters. The highest BCUT2D eigenvalue weighted by Gasteiger charge is 2.10. The molecular weight excluding hydrogens is 298 g/mol. The van der Waals surface area contributed by atoms with Gasteiger partial charge in [0.2, 0.25) is 0 Å². The van der Waals surface area contributed by atoms with Gasteiger partial charge in [0, 0.05) is 10.0 Å². The smallest absolute Gasteiger partial charge is 0.170 e. The SMILES string of the molecule is Cc1nc(C)n(-c2ccc(/C(N)=N/O)cc2Br)n1. The van der Waals surface area contributed by atoms with E-state index in [0.29, 0.717) is 11.4 Å². The molecule has 0 aliphatic heterocycles.